The largest absolute Gasteiger partial charge is 0.489 e. The zero-order chi connectivity index (χ0) is 13.1. The molecule has 0 unspecified atom stereocenters. The Morgan fingerprint density at radius 1 is 0.944 bits per heavy atom. The maximum Gasteiger partial charge on any atom is 0.129 e. The molecule has 0 aliphatic carbocycles. The third kappa shape index (κ3) is 2.70. The lowest BCUT2D eigenvalue weighted by Gasteiger charge is -2.11. The van der Waals surface area contributed by atoms with Crippen molar-refractivity contribution in [1.82, 2.24) is 0 Å². The highest BCUT2D eigenvalue weighted by molar-refractivity contribution is 5.34. The molecule has 0 N–H and O–H groups in total. The van der Waals surface area contributed by atoms with Gasteiger partial charge in [-0.15, -0.1) is 0 Å². The molecule has 0 bridgehead atoms. The fourth-order valence-corrected chi connectivity index (χ4v) is 1.90. The fourth-order valence-electron chi connectivity index (χ4n) is 1.90. The van der Waals surface area contributed by atoms with E-state index in [9.17, 15) is 4.39 Å². The summed E-state index contributed by atoms with van der Waals surface area (Å²) in [6.45, 7) is 6.33. The summed E-state index contributed by atoms with van der Waals surface area (Å²) in [4.78, 5) is 0. The Kier molecular flexibility index (Phi) is 3.66. The predicted octanol–water partition coefficient (Wildman–Crippen LogP) is 4.33. The SMILES string of the molecule is Cc1ccc(OCc2c(C)cccc2C)cc1F. The van der Waals surface area contributed by atoms with Gasteiger partial charge in [0.2, 0.25) is 0 Å². The van der Waals surface area contributed by atoms with Crippen LogP contribution in [0.5, 0.6) is 5.75 Å². The summed E-state index contributed by atoms with van der Waals surface area (Å²) in [6, 6.07) is 11.1. The molecule has 0 heterocycles. The smallest absolute Gasteiger partial charge is 0.129 e. The number of benzene rings is 2. The third-order valence-corrected chi connectivity index (χ3v) is 3.17. The molecule has 0 aliphatic rings. The van der Waals surface area contributed by atoms with Crippen LogP contribution in [-0.4, -0.2) is 0 Å². The van der Waals surface area contributed by atoms with Gasteiger partial charge in [0.25, 0.3) is 0 Å². The van der Waals surface area contributed by atoms with E-state index in [0.29, 0.717) is 17.9 Å². The van der Waals surface area contributed by atoms with Gasteiger partial charge < -0.3 is 4.74 Å². The first kappa shape index (κ1) is 12.6. The van der Waals surface area contributed by atoms with Gasteiger partial charge in [-0.1, -0.05) is 24.3 Å². The van der Waals surface area contributed by atoms with Crippen LogP contribution in [0.2, 0.25) is 0 Å². The summed E-state index contributed by atoms with van der Waals surface area (Å²) in [5.74, 6) is 0.342. The van der Waals surface area contributed by atoms with Crippen molar-refractivity contribution in [3.05, 3.63) is 64.5 Å². The molecule has 18 heavy (non-hydrogen) atoms. The van der Waals surface area contributed by atoms with E-state index < -0.39 is 0 Å². The van der Waals surface area contributed by atoms with Gasteiger partial charge in [-0.3, -0.25) is 0 Å². The summed E-state index contributed by atoms with van der Waals surface area (Å²) < 4.78 is 19.0. The second-order valence-corrected chi connectivity index (χ2v) is 4.57. The normalized spacial score (nSPS) is 10.4. The van der Waals surface area contributed by atoms with Crippen LogP contribution in [0.3, 0.4) is 0 Å². The molecule has 0 aliphatic heterocycles. The number of rotatable bonds is 3. The van der Waals surface area contributed by atoms with E-state index in [1.165, 1.54) is 22.8 Å². The molecule has 0 fully saturated rings. The lowest BCUT2D eigenvalue weighted by Crippen LogP contribution is -2.00. The first-order valence-corrected chi connectivity index (χ1v) is 6.02. The van der Waals surface area contributed by atoms with Crippen molar-refractivity contribution in [2.24, 2.45) is 0 Å². The van der Waals surface area contributed by atoms with E-state index >= 15 is 0 Å². The van der Waals surface area contributed by atoms with Crippen LogP contribution in [0.15, 0.2) is 36.4 Å². The molecular weight excluding hydrogens is 227 g/mol. The van der Waals surface area contributed by atoms with Crippen LogP contribution in [0, 0.1) is 26.6 Å². The molecule has 0 aromatic heterocycles. The van der Waals surface area contributed by atoms with Gasteiger partial charge in [-0.2, -0.15) is 0 Å². The van der Waals surface area contributed by atoms with E-state index in [2.05, 4.69) is 26.0 Å². The van der Waals surface area contributed by atoms with Crippen molar-refractivity contribution < 1.29 is 9.13 Å². The average molecular weight is 244 g/mol. The third-order valence-electron chi connectivity index (χ3n) is 3.17. The molecule has 0 saturated heterocycles. The topological polar surface area (TPSA) is 9.23 Å². The van der Waals surface area contributed by atoms with Crippen molar-refractivity contribution >= 4 is 0 Å². The molecule has 2 aromatic carbocycles. The lowest BCUT2D eigenvalue weighted by atomic mass is 10.0. The molecule has 94 valence electrons. The minimum Gasteiger partial charge on any atom is -0.489 e. The second kappa shape index (κ2) is 5.21. The fraction of sp³-hybridized carbons (Fsp3) is 0.250. The summed E-state index contributed by atoms with van der Waals surface area (Å²) in [5, 5.41) is 0. The molecule has 0 spiro atoms. The van der Waals surface area contributed by atoms with E-state index in [1.807, 2.05) is 6.07 Å². The van der Waals surface area contributed by atoms with Crippen molar-refractivity contribution in [3.63, 3.8) is 0 Å². The molecule has 2 rings (SSSR count). The zero-order valence-electron chi connectivity index (χ0n) is 11.0. The number of ether oxygens (including phenoxy) is 1. The summed E-state index contributed by atoms with van der Waals surface area (Å²) in [6.07, 6.45) is 0. The van der Waals surface area contributed by atoms with Crippen molar-refractivity contribution in [2.45, 2.75) is 27.4 Å². The van der Waals surface area contributed by atoms with Crippen molar-refractivity contribution in [2.75, 3.05) is 0 Å². The van der Waals surface area contributed by atoms with Gasteiger partial charge in [0.15, 0.2) is 0 Å². The highest BCUT2D eigenvalue weighted by Crippen LogP contribution is 2.19. The van der Waals surface area contributed by atoms with E-state index in [-0.39, 0.29) is 5.82 Å². The molecule has 0 radical (unpaired) electrons. The zero-order valence-corrected chi connectivity index (χ0v) is 11.0. The lowest BCUT2D eigenvalue weighted by molar-refractivity contribution is 0.303. The second-order valence-electron chi connectivity index (χ2n) is 4.57. The van der Waals surface area contributed by atoms with Crippen LogP contribution < -0.4 is 4.74 Å². The summed E-state index contributed by atoms with van der Waals surface area (Å²) in [7, 11) is 0. The molecule has 1 nitrogen and oxygen atoms in total. The molecule has 0 atom stereocenters. The van der Waals surface area contributed by atoms with Crippen LogP contribution in [0.4, 0.5) is 4.39 Å². The number of hydrogen-bond acceptors (Lipinski definition) is 1. The first-order chi connectivity index (χ1) is 8.58. The van der Waals surface area contributed by atoms with Crippen LogP contribution in [0.25, 0.3) is 0 Å². The van der Waals surface area contributed by atoms with E-state index in [1.54, 1.807) is 19.1 Å². The van der Waals surface area contributed by atoms with Crippen molar-refractivity contribution in [3.8, 4) is 5.75 Å². The molecule has 0 saturated carbocycles. The van der Waals surface area contributed by atoms with E-state index in [4.69, 9.17) is 4.74 Å². The van der Waals surface area contributed by atoms with Crippen LogP contribution in [0.1, 0.15) is 22.3 Å². The Hall–Kier alpha value is -1.83. The first-order valence-electron chi connectivity index (χ1n) is 6.02. The average Bonchev–Trinajstić information content (AvgIpc) is 2.33. The summed E-state index contributed by atoms with van der Waals surface area (Å²) in [5.41, 5.74) is 4.19. The van der Waals surface area contributed by atoms with Gasteiger partial charge in [-0.25, -0.2) is 4.39 Å². The maximum absolute atomic E-state index is 13.4. The monoisotopic (exact) mass is 244 g/mol. The Morgan fingerprint density at radius 2 is 1.61 bits per heavy atom. The quantitative estimate of drug-likeness (QED) is 0.780. The van der Waals surface area contributed by atoms with Gasteiger partial charge in [0, 0.05) is 6.07 Å². The molecule has 0 amide bonds. The van der Waals surface area contributed by atoms with Gasteiger partial charge in [0.1, 0.15) is 18.2 Å². The predicted molar refractivity (Wildman–Crippen MR) is 71.4 cm³/mol. The van der Waals surface area contributed by atoms with Gasteiger partial charge in [-0.05, 0) is 49.1 Å². The van der Waals surface area contributed by atoms with Crippen molar-refractivity contribution in [1.29, 1.82) is 0 Å². The van der Waals surface area contributed by atoms with Gasteiger partial charge in [0.05, 0.1) is 0 Å². The van der Waals surface area contributed by atoms with E-state index in [0.717, 1.165) is 0 Å². The maximum atomic E-state index is 13.4. The minimum atomic E-state index is -0.228. The molecule has 2 aromatic rings. The number of aryl methyl sites for hydroxylation is 3. The highest BCUT2D eigenvalue weighted by atomic mass is 19.1. The Balaban J connectivity index is 2.14. The van der Waals surface area contributed by atoms with Gasteiger partial charge >= 0.3 is 0 Å². The summed E-state index contributed by atoms with van der Waals surface area (Å²) >= 11 is 0. The minimum absolute atomic E-state index is 0.228. The Morgan fingerprint density at radius 3 is 2.22 bits per heavy atom. The standard InChI is InChI=1S/C16H17FO/c1-11-5-4-6-12(2)15(11)10-18-14-8-7-13(3)16(17)9-14/h4-9H,10H2,1-3H3. The Labute approximate surface area is 107 Å². The number of halogens is 1. The molecule has 2 heteroatoms. The highest BCUT2D eigenvalue weighted by Gasteiger charge is 2.04. The number of hydrogen-bond donors (Lipinski definition) is 0. The van der Waals surface area contributed by atoms with Crippen LogP contribution >= 0.6 is 0 Å². The molecular formula is C16H17FO. The Bertz CT molecular complexity index is 541. The van der Waals surface area contributed by atoms with Crippen LogP contribution in [-0.2, 0) is 6.61 Å².